The minimum absolute atomic E-state index is 0.0938. The maximum atomic E-state index is 12.2. The second kappa shape index (κ2) is 10.4. The summed E-state index contributed by atoms with van der Waals surface area (Å²) in [6.45, 7) is 6.73. The molecular formula is C19H26BrNO6. The van der Waals surface area contributed by atoms with Gasteiger partial charge in [-0.05, 0) is 51.8 Å². The number of benzene rings is 1. The van der Waals surface area contributed by atoms with Crippen molar-refractivity contribution >= 4 is 33.8 Å². The number of hydrogen-bond acceptors (Lipinski definition) is 6. The molecule has 8 heteroatoms. The fourth-order valence-electron chi connectivity index (χ4n) is 2.27. The van der Waals surface area contributed by atoms with Gasteiger partial charge >= 0.3 is 17.8 Å². The largest absolute Gasteiger partial charge is 0.464 e. The zero-order valence-corrected chi connectivity index (χ0v) is 17.5. The zero-order chi connectivity index (χ0) is 20.6. The third-order valence-electron chi connectivity index (χ3n) is 3.38. The summed E-state index contributed by atoms with van der Waals surface area (Å²) in [6, 6.07) is 6.69. The van der Waals surface area contributed by atoms with Crippen LogP contribution in [0.1, 0.15) is 39.7 Å². The van der Waals surface area contributed by atoms with Gasteiger partial charge in [0.05, 0.1) is 6.61 Å². The van der Waals surface area contributed by atoms with Crippen molar-refractivity contribution in [1.82, 2.24) is 5.32 Å². The van der Waals surface area contributed by atoms with Crippen molar-refractivity contribution in [3.63, 3.8) is 0 Å². The van der Waals surface area contributed by atoms with Crippen molar-refractivity contribution in [2.24, 2.45) is 0 Å². The molecule has 0 aliphatic rings. The Bertz CT molecular complexity index is 653. The van der Waals surface area contributed by atoms with Gasteiger partial charge in [-0.15, -0.1) is 0 Å². The molecule has 2 atom stereocenters. The maximum absolute atomic E-state index is 12.2. The summed E-state index contributed by atoms with van der Waals surface area (Å²) in [5, 5.41) is 12.6. The number of amides is 1. The van der Waals surface area contributed by atoms with Crippen molar-refractivity contribution in [3.05, 3.63) is 34.3 Å². The van der Waals surface area contributed by atoms with Crippen LogP contribution in [0.4, 0.5) is 0 Å². The molecule has 150 valence electrons. The third kappa shape index (κ3) is 9.01. The lowest BCUT2D eigenvalue weighted by molar-refractivity contribution is -0.163. The van der Waals surface area contributed by atoms with Crippen LogP contribution in [-0.4, -0.2) is 47.3 Å². The molecule has 0 spiro atoms. The van der Waals surface area contributed by atoms with E-state index in [2.05, 4.69) is 21.2 Å². The summed E-state index contributed by atoms with van der Waals surface area (Å²) in [4.78, 5) is 35.8. The highest BCUT2D eigenvalue weighted by Gasteiger charge is 2.28. The first-order chi connectivity index (χ1) is 12.5. The third-order valence-corrected chi connectivity index (χ3v) is 3.91. The van der Waals surface area contributed by atoms with Gasteiger partial charge in [0.25, 0.3) is 0 Å². The van der Waals surface area contributed by atoms with Crippen LogP contribution >= 0.6 is 15.9 Å². The molecule has 0 fully saturated rings. The van der Waals surface area contributed by atoms with E-state index in [1.807, 2.05) is 24.3 Å². The molecular weight excluding hydrogens is 418 g/mol. The van der Waals surface area contributed by atoms with E-state index in [1.54, 1.807) is 27.7 Å². The molecule has 0 aromatic heterocycles. The van der Waals surface area contributed by atoms with E-state index in [-0.39, 0.29) is 13.0 Å². The Kier molecular flexibility index (Phi) is 8.92. The SMILES string of the molecule is CCOC(=O)[C@@H](O)C[C@@H](Cc1ccc(Br)cc1)NC(=O)C(=O)OC(C)(C)C. The number of rotatable bonds is 7. The van der Waals surface area contributed by atoms with Crippen molar-refractivity contribution in [1.29, 1.82) is 0 Å². The lowest BCUT2D eigenvalue weighted by atomic mass is 10.0. The van der Waals surface area contributed by atoms with Crippen LogP contribution in [0.5, 0.6) is 0 Å². The number of aliphatic hydroxyl groups excluding tert-OH is 1. The van der Waals surface area contributed by atoms with Gasteiger partial charge < -0.3 is 19.9 Å². The Labute approximate surface area is 167 Å². The van der Waals surface area contributed by atoms with Gasteiger partial charge in [-0.2, -0.15) is 0 Å². The number of esters is 2. The van der Waals surface area contributed by atoms with Gasteiger partial charge in [-0.25, -0.2) is 9.59 Å². The van der Waals surface area contributed by atoms with Crippen molar-refractivity contribution in [2.45, 2.75) is 58.3 Å². The van der Waals surface area contributed by atoms with E-state index < -0.39 is 35.6 Å². The van der Waals surface area contributed by atoms with E-state index in [0.29, 0.717) is 6.42 Å². The summed E-state index contributed by atoms with van der Waals surface area (Å²) in [7, 11) is 0. The van der Waals surface area contributed by atoms with Crippen LogP contribution in [0.15, 0.2) is 28.7 Å². The van der Waals surface area contributed by atoms with E-state index in [0.717, 1.165) is 10.0 Å². The molecule has 0 radical (unpaired) electrons. The summed E-state index contributed by atoms with van der Waals surface area (Å²) < 4.78 is 10.7. The van der Waals surface area contributed by atoms with E-state index in [4.69, 9.17) is 9.47 Å². The van der Waals surface area contributed by atoms with Crippen LogP contribution in [0.2, 0.25) is 0 Å². The van der Waals surface area contributed by atoms with Crippen molar-refractivity contribution < 1.29 is 29.0 Å². The second-order valence-corrected chi connectivity index (χ2v) is 7.92. The van der Waals surface area contributed by atoms with Crippen LogP contribution < -0.4 is 5.32 Å². The predicted octanol–water partition coefficient (Wildman–Crippen LogP) is 2.13. The number of ether oxygens (including phenoxy) is 2. The molecule has 0 unspecified atom stereocenters. The minimum atomic E-state index is -1.41. The van der Waals surface area contributed by atoms with Gasteiger partial charge in [0, 0.05) is 16.9 Å². The average molecular weight is 444 g/mol. The highest BCUT2D eigenvalue weighted by atomic mass is 79.9. The van der Waals surface area contributed by atoms with E-state index in [9.17, 15) is 19.5 Å². The highest BCUT2D eigenvalue weighted by molar-refractivity contribution is 9.10. The maximum Gasteiger partial charge on any atom is 0.397 e. The average Bonchev–Trinajstić information content (AvgIpc) is 2.55. The smallest absolute Gasteiger partial charge is 0.397 e. The lowest BCUT2D eigenvalue weighted by Gasteiger charge is -2.23. The van der Waals surface area contributed by atoms with Crippen molar-refractivity contribution in [3.8, 4) is 0 Å². The van der Waals surface area contributed by atoms with Gasteiger partial charge in [-0.1, -0.05) is 28.1 Å². The lowest BCUT2D eigenvalue weighted by Crippen LogP contribution is -2.45. The zero-order valence-electron chi connectivity index (χ0n) is 16.0. The van der Waals surface area contributed by atoms with Gasteiger partial charge in [0.1, 0.15) is 5.60 Å². The van der Waals surface area contributed by atoms with Crippen LogP contribution in [0.3, 0.4) is 0 Å². The molecule has 0 saturated heterocycles. The molecule has 1 amide bonds. The van der Waals surface area contributed by atoms with Crippen LogP contribution in [-0.2, 0) is 30.3 Å². The molecule has 2 N–H and O–H groups in total. The van der Waals surface area contributed by atoms with Gasteiger partial charge in [0.15, 0.2) is 6.10 Å². The molecule has 0 aliphatic carbocycles. The predicted molar refractivity (Wildman–Crippen MR) is 103 cm³/mol. The topological polar surface area (TPSA) is 102 Å². The summed E-state index contributed by atoms with van der Waals surface area (Å²) in [6.07, 6.45) is -1.19. The number of aliphatic hydroxyl groups is 1. The van der Waals surface area contributed by atoms with E-state index >= 15 is 0 Å². The Morgan fingerprint density at radius 3 is 2.30 bits per heavy atom. The fourth-order valence-corrected chi connectivity index (χ4v) is 2.54. The summed E-state index contributed by atoms with van der Waals surface area (Å²) in [5.74, 6) is -2.72. The minimum Gasteiger partial charge on any atom is -0.464 e. The molecule has 0 bridgehead atoms. The molecule has 1 rings (SSSR count). The first-order valence-electron chi connectivity index (χ1n) is 8.64. The standard InChI is InChI=1S/C19H26BrNO6/c1-5-26-17(24)15(22)11-14(10-12-6-8-13(20)9-7-12)21-16(23)18(25)27-19(2,3)4/h6-9,14-15,22H,5,10-11H2,1-4H3,(H,21,23)/t14-,15+/m1/s1. The molecule has 7 nitrogen and oxygen atoms in total. The number of halogens is 1. The molecule has 0 aliphatic heterocycles. The fraction of sp³-hybridized carbons (Fsp3) is 0.526. The highest BCUT2D eigenvalue weighted by Crippen LogP contribution is 2.14. The quantitative estimate of drug-likeness (QED) is 0.494. The number of hydrogen-bond donors (Lipinski definition) is 2. The molecule has 27 heavy (non-hydrogen) atoms. The number of carbonyl (C=O) groups excluding carboxylic acids is 3. The summed E-state index contributed by atoms with van der Waals surface area (Å²) in [5.41, 5.74) is 0.0591. The van der Waals surface area contributed by atoms with Gasteiger partial charge in [-0.3, -0.25) is 4.79 Å². The summed E-state index contributed by atoms with van der Waals surface area (Å²) >= 11 is 3.34. The Balaban J connectivity index is 2.85. The van der Waals surface area contributed by atoms with Crippen LogP contribution in [0, 0.1) is 0 Å². The Morgan fingerprint density at radius 1 is 1.19 bits per heavy atom. The molecule has 1 aromatic carbocycles. The van der Waals surface area contributed by atoms with E-state index in [1.165, 1.54) is 0 Å². The number of nitrogens with one attached hydrogen (secondary N) is 1. The van der Waals surface area contributed by atoms with Crippen molar-refractivity contribution in [2.75, 3.05) is 6.61 Å². The first-order valence-corrected chi connectivity index (χ1v) is 9.44. The van der Waals surface area contributed by atoms with Crippen LogP contribution in [0.25, 0.3) is 0 Å². The molecule has 0 heterocycles. The Hall–Kier alpha value is -1.93. The molecule has 1 aromatic rings. The monoisotopic (exact) mass is 443 g/mol. The number of carbonyl (C=O) groups is 3. The first kappa shape index (κ1) is 23.1. The second-order valence-electron chi connectivity index (χ2n) is 7.01. The van der Waals surface area contributed by atoms with Gasteiger partial charge in [0.2, 0.25) is 0 Å². The Morgan fingerprint density at radius 2 is 1.78 bits per heavy atom. The normalized spacial score (nSPS) is 13.4. The molecule has 0 saturated carbocycles.